The maximum atomic E-state index is 4.22. The Morgan fingerprint density at radius 3 is 2.73 bits per heavy atom. The predicted molar refractivity (Wildman–Crippen MR) is 68.9 cm³/mol. The van der Waals surface area contributed by atoms with Gasteiger partial charge in [-0.2, -0.15) is 0 Å². The molecular formula is C10H15IN4. The van der Waals surface area contributed by atoms with Crippen molar-refractivity contribution >= 4 is 28.5 Å². The molecule has 0 aromatic carbocycles. The highest BCUT2D eigenvalue weighted by Crippen LogP contribution is 2.12. The van der Waals surface area contributed by atoms with Gasteiger partial charge < -0.3 is 5.32 Å². The second kappa shape index (κ2) is 5.07. The van der Waals surface area contributed by atoms with Gasteiger partial charge in [0.1, 0.15) is 0 Å². The maximum absolute atomic E-state index is 4.22. The molecule has 0 atom stereocenters. The van der Waals surface area contributed by atoms with Crippen LogP contribution in [0, 0.1) is 3.57 Å². The average Bonchev–Trinajstić information content (AvgIpc) is 2.18. The molecule has 0 bridgehead atoms. The Morgan fingerprint density at radius 1 is 1.47 bits per heavy atom. The van der Waals surface area contributed by atoms with Crippen molar-refractivity contribution < 1.29 is 0 Å². The van der Waals surface area contributed by atoms with Gasteiger partial charge in [0.2, 0.25) is 5.95 Å². The summed E-state index contributed by atoms with van der Waals surface area (Å²) in [6.45, 7) is 5.64. The number of anilines is 1. The fourth-order valence-electron chi connectivity index (χ4n) is 1.73. The van der Waals surface area contributed by atoms with Gasteiger partial charge in [0.05, 0.1) is 6.04 Å². The number of hydrogen-bond donors (Lipinski definition) is 1. The Hall–Kier alpha value is -0.430. The summed E-state index contributed by atoms with van der Waals surface area (Å²) >= 11 is 2.21. The van der Waals surface area contributed by atoms with E-state index >= 15 is 0 Å². The molecule has 4 nitrogen and oxygen atoms in total. The lowest BCUT2D eigenvalue weighted by molar-refractivity contribution is 0.162. The molecule has 1 N–H and O–H groups in total. The van der Waals surface area contributed by atoms with Gasteiger partial charge in [-0.15, -0.1) is 0 Å². The van der Waals surface area contributed by atoms with Crippen LogP contribution in [0.3, 0.4) is 0 Å². The molecule has 0 unspecified atom stereocenters. The number of likely N-dealkylation sites (tertiary alicyclic amines) is 1. The summed E-state index contributed by atoms with van der Waals surface area (Å²) in [6, 6.07) is 0.525. The Labute approximate surface area is 104 Å². The summed E-state index contributed by atoms with van der Waals surface area (Å²) in [7, 11) is 0. The van der Waals surface area contributed by atoms with Gasteiger partial charge in [-0.3, -0.25) is 4.90 Å². The van der Waals surface area contributed by atoms with E-state index < -0.39 is 0 Å². The van der Waals surface area contributed by atoms with Crippen molar-refractivity contribution in [3.8, 4) is 0 Å². The molecule has 0 radical (unpaired) electrons. The van der Waals surface area contributed by atoms with Crippen molar-refractivity contribution in [3.63, 3.8) is 0 Å². The lowest BCUT2D eigenvalue weighted by atomic mass is 10.1. The van der Waals surface area contributed by atoms with Crippen LogP contribution in [0.15, 0.2) is 12.4 Å². The highest BCUT2D eigenvalue weighted by Gasteiger charge is 2.25. The van der Waals surface area contributed by atoms with E-state index in [9.17, 15) is 0 Å². The Morgan fingerprint density at radius 2 is 2.13 bits per heavy atom. The molecule has 15 heavy (non-hydrogen) atoms. The van der Waals surface area contributed by atoms with Gasteiger partial charge >= 0.3 is 0 Å². The molecule has 1 aliphatic heterocycles. The number of rotatable bonds is 4. The molecule has 0 spiro atoms. The van der Waals surface area contributed by atoms with Crippen LogP contribution < -0.4 is 5.32 Å². The van der Waals surface area contributed by atoms with Gasteiger partial charge in [-0.25, -0.2) is 9.97 Å². The van der Waals surface area contributed by atoms with Gasteiger partial charge in [-0.1, -0.05) is 6.92 Å². The van der Waals surface area contributed by atoms with E-state index in [4.69, 9.17) is 0 Å². The lowest BCUT2D eigenvalue weighted by Crippen LogP contribution is -2.54. The van der Waals surface area contributed by atoms with Crippen molar-refractivity contribution in [3.05, 3.63) is 16.0 Å². The highest BCUT2D eigenvalue weighted by atomic mass is 127. The fourth-order valence-corrected chi connectivity index (χ4v) is 2.01. The summed E-state index contributed by atoms with van der Waals surface area (Å²) in [5, 5.41) is 3.33. The molecule has 2 rings (SSSR count). The molecule has 1 saturated heterocycles. The number of aromatic nitrogens is 2. The van der Waals surface area contributed by atoms with Crippen molar-refractivity contribution in [1.82, 2.24) is 14.9 Å². The molecule has 82 valence electrons. The molecule has 1 aromatic heterocycles. The largest absolute Gasteiger partial charge is 0.349 e. The van der Waals surface area contributed by atoms with E-state index in [0.29, 0.717) is 6.04 Å². The predicted octanol–water partition coefficient (Wildman–Crippen LogP) is 1.59. The van der Waals surface area contributed by atoms with Crippen molar-refractivity contribution in [2.24, 2.45) is 0 Å². The zero-order chi connectivity index (χ0) is 10.7. The number of hydrogen-bond acceptors (Lipinski definition) is 4. The maximum Gasteiger partial charge on any atom is 0.222 e. The minimum atomic E-state index is 0.525. The first-order valence-electron chi connectivity index (χ1n) is 5.24. The standard InChI is InChI=1S/C10H15IN4/c1-2-3-15-6-9(7-15)14-10-12-4-8(11)5-13-10/h4-5,9H,2-3,6-7H2,1H3,(H,12,13,14). The molecular weight excluding hydrogens is 303 g/mol. The van der Waals surface area contributed by atoms with E-state index in [2.05, 4.69) is 49.7 Å². The second-order valence-corrected chi connectivity index (χ2v) is 5.07. The zero-order valence-corrected chi connectivity index (χ0v) is 10.9. The normalized spacial score (nSPS) is 17.5. The Bertz CT molecular complexity index is 308. The lowest BCUT2D eigenvalue weighted by Gasteiger charge is -2.39. The second-order valence-electron chi connectivity index (χ2n) is 3.83. The first-order chi connectivity index (χ1) is 7.28. The molecule has 1 aliphatic rings. The van der Waals surface area contributed by atoms with Gasteiger partial charge in [0, 0.05) is 29.1 Å². The summed E-state index contributed by atoms with van der Waals surface area (Å²) < 4.78 is 1.07. The van der Waals surface area contributed by atoms with Gasteiger partial charge in [-0.05, 0) is 35.6 Å². The first-order valence-corrected chi connectivity index (χ1v) is 6.32. The zero-order valence-electron chi connectivity index (χ0n) is 8.78. The smallest absolute Gasteiger partial charge is 0.222 e. The van der Waals surface area contributed by atoms with Crippen LogP contribution in [-0.4, -0.2) is 40.5 Å². The van der Waals surface area contributed by atoms with Gasteiger partial charge in [0.25, 0.3) is 0 Å². The first kappa shape index (κ1) is 11.1. The molecule has 1 fully saturated rings. The Kier molecular flexibility index (Phi) is 3.74. The quantitative estimate of drug-likeness (QED) is 0.856. The third kappa shape index (κ3) is 3.01. The van der Waals surface area contributed by atoms with Crippen molar-refractivity contribution in [1.29, 1.82) is 0 Å². The third-order valence-corrected chi connectivity index (χ3v) is 3.01. The van der Waals surface area contributed by atoms with E-state index in [1.807, 2.05) is 12.4 Å². The highest BCUT2D eigenvalue weighted by molar-refractivity contribution is 14.1. The fraction of sp³-hybridized carbons (Fsp3) is 0.600. The molecule has 2 heterocycles. The Balaban J connectivity index is 1.77. The van der Waals surface area contributed by atoms with Crippen molar-refractivity contribution in [2.75, 3.05) is 25.0 Å². The van der Waals surface area contributed by atoms with Crippen LogP contribution in [0.4, 0.5) is 5.95 Å². The monoisotopic (exact) mass is 318 g/mol. The summed E-state index contributed by atoms with van der Waals surface area (Å²) in [6.07, 6.45) is 4.89. The number of nitrogens with zero attached hydrogens (tertiary/aromatic N) is 3. The van der Waals surface area contributed by atoms with E-state index in [-0.39, 0.29) is 0 Å². The van der Waals surface area contributed by atoms with Crippen LogP contribution in [0.1, 0.15) is 13.3 Å². The molecule has 5 heteroatoms. The summed E-state index contributed by atoms with van der Waals surface area (Å²) in [4.78, 5) is 10.9. The number of halogens is 1. The number of nitrogens with one attached hydrogen (secondary N) is 1. The SMILES string of the molecule is CCCN1CC(Nc2ncc(I)cn2)C1. The molecule has 0 saturated carbocycles. The average molecular weight is 318 g/mol. The van der Waals surface area contributed by atoms with Gasteiger partial charge in [0.15, 0.2) is 0 Å². The van der Waals surface area contributed by atoms with Crippen LogP contribution >= 0.6 is 22.6 Å². The molecule has 1 aromatic rings. The van der Waals surface area contributed by atoms with Crippen LogP contribution in [0.2, 0.25) is 0 Å². The summed E-state index contributed by atoms with van der Waals surface area (Å²) in [5.41, 5.74) is 0. The van der Waals surface area contributed by atoms with E-state index in [1.165, 1.54) is 13.0 Å². The topological polar surface area (TPSA) is 41.0 Å². The third-order valence-electron chi connectivity index (χ3n) is 2.45. The minimum absolute atomic E-state index is 0.525. The minimum Gasteiger partial charge on any atom is -0.349 e. The van der Waals surface area contributed by atoms with E-state index in [0.717, 1.165) is 22.6 Å². The van der Waals surface area contributed by atoms with Crippen LogP contribution in [-0.2, 0) is 0 Å². The summed E-state index contributed by atoms with van der Waals surface area (Å²) in [5.74, 6) is 0.747. The van der Waals surface area contributed by atoms with Crippen LogP contribution in [0.5, 0.6) is 0 Å². The van der Waals surface area contributed by atoms with Crippen LogP contribution in [0.25, 0.3) is 0 Å². The molecule has 0 aliphatic carbocycles. The van der Waals surface area contributed by atoms with Crippen molar-refractivity contribution in [2.45, 2.75) is 19.4 Å². The van der Waals surface area contributed by atoms with E-state index in [1.54, 1.807) is 0 Å². The molecule has 0 amide bonds.